The molecule has 0 aromatic carbocycles. The van der Waals surface area contributed by atoms with Crippen molar-refractivity contribution in [2.24, 2.45) is 5.92 Å². The molecule has 0 bridgehead atoms. The van der Waals surface area contributed by atoms with Crippen LogP contribution in [0.5, 0.6) is 0 Å². The maximum atomic E-state index is 11.3. The standard InChI is InChI=1S/C10H10OS/c11-9-1-3-10(5-8(9)10)7-2-4-12-6-7/h2,4,6,8H,1,3,5H2/t8-,10-/m1/s1. The Balaban J connectivity index is 2.01. The van der Waals surface area contributed by atoms with Crippen molar-refractivity contribution in [3.63, 3.8) is 0 Å². The van der Waals surface area contributed by atoms with Gasteiger partial charge in [0.1, 0.15) is 5.78 Å². The maximum absolute atomic E-state index is 11.3. The molecule has 62 valence electrons. The molecule has 0 radical (unpaired) electrons. The molecule has 1 aromatic rings. The number of fused-ring (bicyclic) bond motifs is 1. The molecule has 1 aromatic heterocycles. The van der Waals surface area contributed by atoms with Crippen molar-refractivity contribution in [1.82, 2.24) is 0 Å². The van der Waals surface area contributed by atoms with Gasteiger partial charge in [0, 0.05) is 17.8 Å². The van der Waals surface area contributed by atoms with Gasteiger partial charge in [0.05, 0.1) is 0 Å². The maximum Gasteiger partial charge on any atom is 0.136 e. The summed E-state index contributed by atoms with van der Waals surface area (Å²) in [6, 6.07) is 2.18. The first-order valence-electron chi connectivity index (χ1n) is 4.38. The van der Waals surface area contributed by atoms with Crippen molar-refractivity contribution in [2.45, 2.75) is 24.7 Å². The van der Waals surface area contributed by atoms with E-state index in [4.69, 9.17) is 0 Å². The fourth-order valence-corrected chi connectivity index (χ4v) is 3.30. The van der Waals surface area contributed by atoms with Gasteiger partial charge in [0.2, 0.25) is 0 Å². The van der Waals surface area contributed by atoms with Crippen LogP contribution in [-0.2, 0) is 10.2 Å². The van der Waals surface area contributed by atoms with Crippen LogP contribution in [0.25, 0.3) is 0 Å². The van der Waals surface area contributed by atoms with E-state index in [0.717, 1.165) is 19.3 Å². The molecule has 1 heterocycles. The summed E-state index contributed by atoms with van der Waals surface area (Å²) in [7, 11) is 0. The number of carbonyl (C=O) groups is 1. The predicted octanol–water partition coefficient (Wildman–Crippen LogP) is 2.37. The Bertz CT molecular complexity index is 328. The SMILES string of the molecule is O=C1CC[C@]2(c3ccsc3)C[C@H]12. The summed E-state index contributed by atoms with van der Waals surface area (Å²) < 4.78 is 0. The van der Waals surface area contributed by atoms with Gasteiger partial charge in [0.25, 0.3) is 0 Å². The lowest BCUT2D eigenvalue weighted by atomic mass is 9.96. The highest BCUT2D eigenvalue weighted by Gasteiger charge is 2.62. The topological polar surface area (TPSA) is 17.1 Å². The van der Waals surface area contributed by atoms with Gasteiger partial charge in [0.15, 0.2) is 0 Å². The largest absolute Gasteiger partial charge is 0.299 e. The van der Waals surface area contributed by atoms with E-state index in [9.17, 15) is 4.79 Å². The summed E-state index contributed by atoms with van der Waals surface area (Å²) in [6.45, 7) is 0. The fourth-order valence-electron chi connectivity index (χ4n) is 2.54. The average Bonchev–Trinajstić information content (AvgIpc) is 2.49. The van der Waals surface area contributed by atoms with E-state index in [1.54, 1.807) is 11.3 Å². The van der Waals surface area contributed by atoms with Crippen molar-refractivity contribution >= 4 is 17.1 Å². The Hall–Kier alpha value is -0.630. The van der Waals surface area contributed by atoms with E-state index < -0.39 is 0 Å². The number of hydrogen-bond donors (Lipinski definition) is 0. The van der Waals surface area contributed by atoms with E-state index in [-0.39, 0.29) is 0 Å². The van der Waals surface area contributed by atoms with Crippen LogP contribution in [0.3, 0.4) is 0 Å². The van der Waals surface area contributed by atoms with Crippen LogP contribution in [0, 0.1) is 5.92 Å². The Kier molecular flexibility index (Phi) is 1.14. The van der Waals surface area contributed by atoms with E-state index >= 15 is 0 Å². The summed E-state index contributed by atoms with van der Waals surface area (Å²) in [6.07, 6.45) is 3.05. The minimum absolute atomic E-state index is 0.317. The summed E-state index contributed by atoms with van der Waals surface area (Å²) in [5.41, 5.74) is 1.74. The molecular weight excluding hydrogens is 168 g/mol. The van der Waals surface area contributed by atoms with Gasteiger partial charge < -0.3 is 0 Å². The summed E-state index contributed by atoms with van der Waals surface area (Å²) in [5, 5.41) is 4.32. The van der Waals surface area contributed by atoms with E-state index in [1.807, 2.05) is 0 Å². The number of carbonyl (C=O) groups excluding carboxylic acids is 1. The van der Waals surface area contributed by atoms with Gasteiger partial charge in [-0.2, -0.15) is 11.3 Å². The Morgan fingerprint density at radius 1 is 1.58 bits per heavy atom. The third-order valence-corrected chi connectivity index (χ3v) is 4.06. The molecule has 2 aliphatic carbocycles. The number of hydrogen-bond acceptors (Lipinski definition) is 2. The van der Waals surface area contributed by atoms with Crippen LogP contribution in [0.1, 0.15) is 24.8 Å². The first kappa shape index (κ1) is 6.84. The second kappa shape index (κ2) is 1.99. The monoisotopic (exact) mass is 178 g/mol. The molecule has 2 heteroatoms. The van der Waals surface area contributed by atoms with E-state index in [2.05, 4.69) is 16.8 Å². The smallest absolute Gasteiger partial charge is 0.136 e. The molecule has 0 saturated heterocycles. The lowest BCUT2D eigenvalue weighted by Gasteiger charge is -2.06. The van der Waals surface area contributed by atoms with Crippen LogP contribution in [0.2, 0.25) is 0 Å². The summed E-state index contributed by atoms with van der Waals surface area (Å²) >= 11 is 1.74. The van der Waals surface area contributed by atoms with Crippen LogP contribution in [0.4, 0.5) is 0 Å². The molecule has 2 aliphatic rings. The molecule has 2 fully saturated rings. The highest BCUT2D eigenvalue weighted by Crippen LogP contribution is 2.62. The van der Waals surface area contributed by atoms with Crippen molar-refractivity contribution in [1.29, 1.82) is 0 Å². The first-order chi connectivity index (χ1) is 5.83. The van der Waals surface area contributed by atoms with Crippen LogP contribution in [0.15, 0.2) is 16.8 Å². The predicted molar refractivity (Wildman–Crippen MR) is 48.3 cm³/mol. The summed E-state index contributed by atoms with van der Waals surface area (Å²) in [5.74, 6) is 0.897. The van der Waals surface area contributed by atoms with Crippen molar-refractivity contribution in [3.05, 3.63) is 22.4 Å². The van der Waals surface area contributed by atoms with Gasteiger partial charge >= 0.3 is 0 Å². The second-order valence-electron chi connectivity index (χ2n) is 3.89. The van der Waals surface area contributed by atoms with Gasteiger partial charge in [-0.05, 0) is 35.2 Å². The first-order valence-corrected chi connectivity index (χ1v) is 5.33. The fraction of sp³-hybridized carbons (Fsp3) is 0.500. The van der Waals surface area contributed by atoms with Crippen molar-refractivity contribution in [3.8, 4) is 0 Å². The lowest BCUT2D eigenvalue weighted by molar-refractivity contribution is -0.119. The number of rotatable bonds is 1. The van der Waals surface area contributed by atoms with Gasteiger partial charge in [-0.15, -0.1) is 0 Å². The third-order valence-electron chi connectivity index (χ3n) is 3.38. The molecule has 3 rings (SSSR count). The zero-order chi connectivity index (χ0) is 8.18. The highest BCUT2D eigenvalue weighted by molar-refractivity contribution is 7.08. The molecule has 0 spiro atoms. The molecule has 12 heavy (non-hydrogen) atoms. The van der Waals surface area contributed by atoms with Crippen LogP contribution in [-0.4, -0.2) is 5.78 Å². The second-order valence-corrected chi connectivity index (χ2v) is 4.67. The number of thiophene rings is 1. The minimum atomic E-state index is 0.317. The highest BCUT2D eigenvalue weighted by atomic mass is 32.1. The lowest BCUT2D eigenvalue weighted by Crippen LogP contribution is -2.02. The minimum Gasteiger partial charge on any atom is -0.299 e. The van der Waals surface area contributed by atoms with Gasteiger partial charge in [-0.1, -0.05) is 0 Å². The molecule has 0 unspecified atom stereocenters. The van der Waals surface area contributed by atoms with Crippen molar-refractivity contribution in [2.75, 3.05) is 0 Å². The quantitative estimate of drug-likeness (QED) is 0.645. The molecule has 0 N–H and O–H groups in total. The van der Waals surface area contributed by atoms with Crippen LogP contribution >= 0.6 is 11.3 Å². The van der Waals surface area contributed by atoms with Gasteiger partial charge in [-0.3, -0.25) is 4.79 Å². The Labute approximate surface area is 75.4 Å². The Morgan fingerprint density at radius 2 is 2.50 bits per heavy atom. The molecule has 2 atom stereocenters. The van der Waals surface area contributed by atoms with E-state index in [0.29, 0.717) is 17.1 Å². The number of ketones is 1. The molecule has 1 nitrogen and oxygen atoms in total. The normalized spacial score (nSPS) is 38.3. The van der Waals surface area contributed by atoms with Crippen LogP contribution < -0.4 is 0 Å². The van der Waals surface area contributed by atoms with Crippen molar-refractivity contribution < 1.29 is 4.79 Å². The average molecular weight is 178 g/mol. The molecular formula is C10H10OS. The zero-order valence-electron chi connectivity index (χ0n) is 6.75. The molecule has 0 aliphatic heterocycles. The summed E-state index contributed by atoms with van der Waals surface area (Å²) in [4.78, 5) is 11.3. The number of Topliss-reactive ketones (excluding diaryl/α,β-unsaturated/α-hetero) is 1. The molecule has 2 saturated carbocycles. The van der Waals surface area contributed by atoms with Gasteiger partial charge in [-0.25, -0.2) is 0 Å². The molecule has 0 amide bonds. The zero-order valence-corrected chi connectivity index (χ0v) is 7.56. The van der Waals surface area contributed by atoms with E-state index in [1.165, 1.54) is 5.56 Å². The third kappa shape index (κ3) is 0.667. The Morgan fingerprint density at radius 3 is 3.00 bits per heavy atom.